The third-order valence-corrected chi connectivity index (χ3v) is 5.59. The summed E-state index contributed by atoms with van der Waals surface area (Å²) in [6.07, 6.45) is 0.00683. The molecule has 0 radical (unpaired) electrons. The van der Waals surface area contributed by atoms with Gasteiger partial charge in [-0.1, -0.05) is 50.2 Å². The van der Waals surface area contributed by atoms with Crippen LogP contribution in [0.2, 0.25) is 0 Å². The highest BCUT2D eigenvalue weighted by Crippen LogP contribution is 2.40. The molecular formula is C26H31NO5. The Morgan fingerprint density at radius 2 is 1.75 bits per heavy atom. The molecular weight excluding hydrogens is 406 g/mol. The largest absolute Gasteiger partial charge is 0.507 e. The summed E-state index contributed by atoms with van der Waals surface area (Å²) >= 11 is 0. The van der Waals surface area contributed by atoms with Gasteiger partial charge >= 0.3 is 0 Å². The molecule has 0 aromatic heterocycles. The molecule has 6 heteroatoms. The summed E-state index contributed by atoms with van der Waals surface area (Å²) in [5.74, 6) is -0.655. The lowest BCUT2D eigenvalue weighted by molar-refractivity contribution is -0.140. The highest BCUT2D eigenvalue weighted by molar-refractivity contribution is 6.46. The van der Waals surface area contributed by atoms with Crippen LogP contribution in [0, 0.1) is 0 Å². The SMILES string of the molecule is COc1cccc(/C(O)=C2/C(=O)C(=O)N(CCOC(C)C)C2c2ccc(C(C)C)cc2)c1. The minimum Gasteiger partial charge on any atom is -0.507 e. The van der Waals surface area contributed by atoms with Crippen molar-refractivity contribution >= 4 is 17.4 Å². The number of hydrogen-bond acceptors (Lipinski definition) is 5. The van der Waals surface area contributed by atoms with Crippen LogP contribution in [-0.2, 0) is 14.3 Å². The molecule has 1 N–H and O–H groups in total. The number of amides is 1. The molecule has 0 aliphatic carbocycles. The van der Waals surface area contributed by atoms with E-state index in [0.29, 0.717) is 23.8 Å². The first-order chi connectivity index (χ1) is 15.2. The van der Waals surface area contributed by atoms with Gasteiger partial charge in [0.05, 0.1) is 31.4 Å². The first-order valence-corrected chi connectivity index (χ1v) is 10.9. The Kier molecular flexibility index (Phi) is 7.36. The van der Waals surface area contributed by atoms with Crippen molar-refractivity contribution in [3.05, 3.63) is 70.8 Å². The van der Waals surface area contributed by atoms with Gasteiger partial charge in [0.15, 0.2) is 0 Å². The minimum absolute atomic E-state index is 0.00683. The second-order valence-corrected chi connectivity index (χ2v) is 8.47. The van der Waals surface area contributed by atoms with Crippen LogP contribution in [-0.4, -0.2) is 48.1 Å². The third-order valence-electron chi connectivity index (χ3n) is 5.59. The lowest BCUT2D eigenvalue weighted by atomic mass is 9.93. The van der Waals surface area contributed by atoms with E-state index in [0.717, 1.165) is 11.1 Å². The second kappa shape index (κ2) is 10.0. The van der Waals surface area contributed by atoms with E-state index in [4.69, 9.17) is 9.47 Å². The van der Waals surface area contributed by atoms with Crippen molar-refractivity contribution in [1.29, 1.82) is 0 Å². The highest BCUT2D eigenvalue weighted by atomic mass is 16.5. The molecule has 6 nitrogen and oxygen atoms in total. The van der Waals surface area contributed by atoms with E-state index in [1.165, 1.54) is 12.0 Å². The summed E-state index contributed by atoms with van der Waals surface area (Å²) in [6, 6.07) is 13.9. The molecule has 0 spiro atoms. The number of Topliss-reactive ketones (excluding diaryl/α,β-unsaturated/α-hetero) is 1. The zero-order chi connectivity index (χ0) is 23.4. The van der Waals surface area contributed by atoms with E-state index in [-0.39, 0.29) is 24.0 Å². The molecule has 0 bridgehead atoms. The fourth-order valence-corrected chi connectivity index (χ4v) is 3.83. The average Bonchev–Trinajstić information content (AvgIpc) is 3.03. The average molecular weight is 438 g/mol. The lowest BCUT2D eigenvalue weighted by Crippen LogP contribution is -2.33. The summed E-state index contributed by atoms with van der Waals surface area (Å²) in [5.41, 5.74) is 2.42. The standard InChI is InChI=1S/C26H31NO5/c1-16(2)18-9-11-19(12-10-18)23-22(24(28)20-7-6-8-21(15-20)31-5)25(29)26(30)27(23)13-14-32-17(3)4/h6-12,15-17,23,28H,13-14H2,1-5H3/b24-22-. The Labute approximate surface area is 189 Å². The summed E-state index contributed by atoms with van der Waals surface area (Å²) < 4.78 is 10.9. The monoisotopic (exact) mass is 437 g/mol. The van der Waals surface area contributed by atoms with Gasteiger partial charge in [-0.05, 0) is 43.0 Å². The van der Waals surface area contributed by atoms with E-state index in [9.17, 15) is 14.7 Å². The van der Waals surface area contributed by atoms with Gasteiger partial charge in [0.1, 0.15) is 11.5 Å². The summed E-state index contributed by atoms with van der Waals surface area (Å²) in [7, 11) is 1.53. The van der Waals surface area contributed by atoms with Gasteiger partial charge in [0.25, 0.3) is 11.7 Å². The lowest BCUT2D eigenvalue weighted by Gasteiger charge is -2.26. The fourth-order valence-electron chi connectivity index (χ4n) is 3.83. The minimum atomic E-state index is -0.701. The Morgan fingerprint density at radius 3 is 2.34 bits per heavy atom. The van der Waals surface area contributed by atoms with E-state index in [1.54, 1.807) is 24.3 Å². The molecule has 1 heterocycles. The van der Waals surface area contributed by atoms with Gasteiger partial charge in [-0.25, -0.2) is 0 Å². The first-order valence-electron chi connectivity index (χ1n) is 10.9. The summed E-state index contributed by atoms with van der Waals surface area (Å²) in [6.45, 7) is 8.58. The topological polar surface area (TPSA) is 76.1 Å². The number of methoxy groups -OCH3 is 1. The van der Waals surface area contributed by atoms with Gasteiger partial charge in [-0.3, -0.25) is 9.59 Å². The smallest absolute Gasteiger partial charge is 0.295 e. The van der Waals surface area contributed by atoms with Crippen LogP contribution >= 0.6 is 0 Å². The molecule has 1 aliphatic heterocycles. The predicted octanol–water partition coefficient (Wildman–Crippen LogP) is 4.67. The Balaban J connectivity index is 2.09. The number of likely N-dealkylation sites (tertiary alicyclic amines) is 1. The van der Waals surface area contributed by atoms with Crippen molar-refractivity contribution in [2.45, 2.75) is 45.8 Å². The number of ketones is 1. The van der Waals surface area contributed by atoms with Gasteiger partial charge < -0.3 is 19.5 Å². The van der Waals surface area contributed by atoms with Crippen LogP contribution in [0.3, 0.4) is 0 Å². The van der Waals surface area contributed by atoms with E-state index < -0.39 is 17.7 Å². The normalized spacial score (nSPS) is 18.1. The number of benzene rings is 2. The molecule has 32 heavy (non-hydrogen) atoms. The molecule has 0 saturated carbocycles. The Morgan fingerprint density at radius 1 is 1.06 bits per heavy atom. The number of aliphatic hydroxyl groups excluding tert-OH is 1. The molecule has 1 fully saturated rings. The van der Waals surface area contributed by atoms with Crippen LogP contribution in [0.1, 0.15) is 56.3 Å². The Hall–Kier alpha value is -3.12. The van der Waals surface area contributed by atoms with Gasteiger partial charge in [0, 0.05) is 12.1 Å². The summed E-state index contributed by atoms with van der Waals surface area (Å²) in [4.78, 5) is 27.5. The van der Waals surface area contributed by atoms with Crippen LogP contribution in [0.25, 0.3) is 5.76 Å². The number of nitrogens with zero attached hydrogens (tertiary/aromatic N) is 1. The van der Waals surface area contributed by atoms with Crippen LogP contribution < -0.4 is 4.74 Å². The zero-order valence-corrected chi connectivity index (χ0v) is 19.3. The predicted molar refractivity (Wildman–Crippen MR) is 124 cm³/mol. The summed E-state index contributed by atoms with van der Waals surface area (Å²) in [5, 5.41) is 11.1. The van der Waals surface area contributed by atoms with Crippen molar-refractivity contribution in [2.75, 3.05) is 20.3 Å². The maximum atomic E-state index is 13.1. The number of carbonyl (C=O) groups excluding carboxylic acids is 2. The van der Waals surface area contributed by atoms with Crippen LogP contribution in [0.15, 0.2) is 54.1 Å². The molecule has 1 saturated heterocycles. The van der Waals surface area contributed by atoms with Crippen molar-refractivity contribution in [3.8, 4) is 5.75 Å². The van der Waals surface area contributed by atoms with Crippen LogP contribution in [0.4, 0.5) is 0 Å². The van der Waals surface area contributed by atoms with E-state index >= 15 is 0 Å². The zero-order valence-electron chi connectivity index (χ0n) is 19.3. The van der Waals surface area contributed by atoms with Gasteiger partial charge in [-0.2, -0.15) is 0 Å². The molecule has 1 aliphatic rings. The van der Waals surface area contributed by atoms with E-state index in [2.05, 4.69) is 13.8 Å². The molecule has 1 atom stereocenters. The van der Waals surface area contributed by atoms with E-state index in [1.807, 2.05) is 38.1 Å². The number of aliphatic hydroxyl groups is 1. The quantitative estimate of drug-likeness (QED) is 0.369. The number of rotatable bonds is 8. The van der Waals surface area contributed by atoms with Crippen molar-refractivity contribution in [1.82, 2.24) is 4.90 Å². The van der Waals surface area contributed by atoms with Crippen molar-refractivity contribution < 1.29 is 24.2 Å². The van der Waals surface area contributed by atoms with Crippen molar-refractivity contribution in [3.63, 3.8) is 0 Å². The van der Waals surface area contributed by atoms with Gasteiger partial charge in [-0.15, -0.1) is 0 Å². The molecule has 2 aromatic rings. The molecule has 170 valence electrons. The maximum absolute atomic E-state index is 13.1. The maximum Gasteiger partial charge on any atom is 0.295 e. The highest BCUT2D eigenvalue weighted by Gasteiger charge is 2.45. The molecule has 3 rings (SSSR count). The second-order valence-electron chi connectivity index (χ2n) is 8.47. The molecule has 1 amide bonds. The first kappa shape index (κ1) is 23.5. The fraction of sp³-hybridized carbons (Fsp3) is 0.385. The van der Waals surface area contributed by atoms with Crippen molar-refractivity contribution in [2.24, 2.45) is 0 Å². The third kappa shape index (κ3) is 4.86. The number of carbonyl (C=O) groups is 2. The van der Waals surface area contributed by atoms with Crippen LogP contribution in [0.5, 0.6) is 5.75 Å². The number of ether oxygens (including phenoxy) is 2. The molecule has 1 unspecified atom stereocenters. The number of hydrogen-bond donors (Lipinski definition) is 1. The molecule has 2 aromatic carbocycles. The Bertz CT molecular complexity index is 1010. The van der Waals surface area contributed by atoms with Gasteiger partial charge in [0.2, 0.25) is 0 Å².